The van der Waals surface area contributed by atoms with E-state index in [1.807, 2.05) is 32.0 Å². The Kier molecular flexibility index (Phi) is 8.35. The van der Waals surface area contributed by atoms with Gasteiger partial charge in [-0.3, -0.25) is 4.79 Å². The number of hydrogen-bond acceptors (Lipinski definition) is 6. The van der Waals surface area contributed by atoms with Crippen LogP contribution in [0.3, 0.4) is 0 Å². The van der Waals surface area contributed by atoms with Gasteiger partial charge in [0.1, 0.15) is 11.6 Å². The average Bonchev–Trinajstić information content (AvgIpc) is 2.66. The number of anilines is 2. The van der Waals surface area contributed by atoms with Crippen molar-refractivity contribution < 1.29 is 9.53 Å². The largest absolute Gasteiger partial charge is 0.494 e. The summed E-state index contributed by atoms with van der Waals surface area (Å²) >= 11 is 0. The molecule has 3 N–H and O–H groups in total. The van der Waals surface area contributed by atoms with Crippen LogP contribution in [0.15, 0.2) is 30.3 Å². The SMILES string of the molecule is CCCCOc1ccc(C(=O)NCCNc2cc(C)nc(NCC)n2)cc1. The van der Waals surface area contributed by atoms with Crippen molar-refractivity contribution >= 4 is 17.7 Å². The molecule has 0 spiro atoms. The Bertz CT molecular complexity index is 719. The number of carbonyl (C=O) groups is 1. The van der Waals surface area contributed by atoms with Crippen molar-refractivity contribution in [3.05, 3.63) is 41.6 Å². The van der Waals surface area contributed by atoms with E-state index in [-0.39, 0.29) is 5.91 Å². The maximum Gasteiger partial charge on any atom is 0.251 e. The number of amides is 1. The Balaban J connectivity index is 1.76. The third kappa shape index (κ3) is 7.13. The zero-order chi connectivity index (χ0) is 19.5. The molecule has 27 heavy (non-hydrogen) atoms. The molecule has 0 radical (unpaired) electrons. The van der Waals surface area contributed by atoms with E-state index in [0.717, 1.165) is 36.6 Å². The van der Waals surface area contributed by atoms with Crippen LogP contribution in [-0.2, 0) is 0 Å². The number of aryl methyl sites for hydroxylation is 1. The first-order valence-corrected chi connectivity index (χ1v) is 9.46. The molecule has 0 fully saturated rings. The second-order valence-electron chi connectivity index (χ2n) is 6.16. The molecule has 0 saturated heterocycles. The van der Waals surface area contributed by atoms with Crippen LogP contribution >= 0.6 is 0 Å². The van der Waals surface area contributed by atoms with Gasteiger partial charge in [-0.1, -0.05) is 13.3 Å². The molecule has 1 aromatic heterocycles. The average molecular weight is 371 g/mol. The van der Waals surface area contributed by atoms with E-state index in [2.05, 4.69) is 32.8 Å². The van der Waals surface area contributed by atoms with Crippen molar-refractivity contribution in [2.75, 3.05) is 36.9 Å². The number of aromatic nitrogens is 2. The van der Waals surface area contributed by atoms with Gasteiger partial charge in [0.25, 0.3) is 5.91 Å². The van der Waals surface area contributed by atoms with Gasteiger partial charge in [0.05, 0.1) is 6.61 Å². The third-order valence-electron chi connectivity index (χ3n) is 3.79. The van der Waals surface area contributed by atoms with Gasteiger partial charge in [0.15, 0.2) is 0 Å². The van der Waals surface area contributed by atoms with Crippen LogP contribution in [0.2, 0.25) is 0 Å². The Morgan fingerprint density at radius 2 is 1.85 bits per heavy atom. The molecular formula is C20H29N5O2. The fourth-order valence-corrected chi connectivity index (χ4v) is 2.40. The van der Waals surface area contributed by atoms with Crippen molar-refractivity contribution in [1.82, 2.24) is 15.3 Å². The Morgan fingerprint density at radius 3 is 2.56 bits per heavy atom. The van der Waals surface area contributed by atoms with Gasteiger partial charge in [-0.15, -0.1) is 0 Å². The Labute approximate surface area is 161 Å². The van der Waals surface area contributed by atoms with E-state index in [9.17, 15) is 4.79 Å². The molecule has 7 heteroatoms. The van der Waals surface area contributed by atoms with Gasteiger partial charge in [-0.2, -0.15) is 4.98 Å². The zero-order valence-electron chi connectivity index (χ0n) is 16.3. The number of nitrogens with one attached hydrogen (secondary N) is 3. The summed E-state index contributed by atoms with van der Waals surface area (Å²) in [5, 5.41) is 9.19. The van der Waals surface area contributed by atoms with Gasteiger partial charge in [0.2, 0.25) is 5.95 Å². The minimum atomic E-state index is -0.107. The fraction of sp³-hybridized carbons (Fsp3) is 0.450. The lowest BCUT2D eigenvalue weighted by molar-refractivity contribution is 0.0955. The molecule has 0 aliphatic carbocycles. The van der Waals surface area contributed by atoms with E-state index >= 15 is 0 Å². The quantitative estimate of drug-likeness (QED) is 0.526. The molecule has 0 aliphatic rings. The second-order valence-corrected chi connectivity index (χ2v) is 6.16. The topological polar surface area (TPSA) is 88.2 Å². The molecule has 0 unspecified atom stereocenters. The summed E-state index contributed by atoms with van der Waals surface area (Å²) in [6.07, 6.45) is 2.12. The molecule has 2 rings (SSSR count). The van der Waals surface area contributed by atoms with Crippen LogP contribution in [0, 0.1) is 6.92 Å². The van der Waals surface area contributed by atoms with Crippen LogP contribution in [0.4, 0.5) is 11.8 Å². The molecule has 2 aromatic rings. The van der Waals surface area contributed by atoms with E-state index in [4.69, 9.17) is 4.74 Å². The first kappa shape index (κ1) is 20.5. The summed E-state index contributed by atoms with van der Waals surface area (Å²) < 4.78 is 5.61. The highest BCUT2D eigenvalue weighted by Crippen LogP contribution is 2.13. The summed E-state index contributed by atoms with van der Waals surface area (Å²) in [4.78, 5) is 20.9. The molecule has 1 aromatic carbocycles. The second kappa shape index (κ2) is 11.0. The lowest BCUT2D eigenvalue weighted by Crippen LogP contribution is -2.28. The van der Waals surface area contributed by atoms with Crippen molar-refractivity contribution in [3.8, 4) is 5.75 Å². The minimum absolute atomic E-state index is 0.107. The highest BCUT2D eigenvalue weighted by molar-refractivity contribution is 5.94. The normalized spacial score (nSPS) is 10.3. The van der Waals surface area contributed by atoms with Crippen LogP contribution in [0.5, 0.6) is 5.75 Å². The highest BCUT2D eigenvalue weighted by Gasteiger charge is 2.06. The van der Waals surface area contributed by atoms with Gasteiger partial charge in [0, 0.05) is 37.0 Å². The molecule has 7 nitrogen and oxygen atoms in total. The smallest absolute Gasteiger partial charge is 0.251 e. The van der Waals surface area contributed by atoms with Gasteiger partial charge >= 0.3 is 0 Å². The van der Waals surface area contributed by atoms with Crippen molar-refractivity contribution in [2.24, 2.45) is 0 Å². The maximum atomic E-state index is 12.2. The lowest BCUT2D eigenvalue weighted by atomic mass is 10.2. The van der Waals surface area contributed by atoms with Crippen LogP contribution in [0.25, 0.3) is 0 Å². The molecule has 0 saturated carbocycles. The van der Waals surface area contributed by atoms with Gasteiger partial charge < -0.3 is 20.7 Å². The van der Waals surface area contributed by atoms with Crippen molar-refractivity contribution in [2.45, 2.75) is 33.6 Å². The first-order chi connectivity index (χ1) is 13.1. The first-order valence-electron chi connectivity index (χ1n) is 9.46. The standard InChI is InChI=1S/C20H29N5O2/c1-4-6-13-27-17-9-7-16(8-10-17)19(26)23-12-11-22-18-14-15(3)24-20(25-18)21-5-2/h7-10,14H,4-6,11-13H2,1-3H3,(H,23,26)(H2,21,22,24,25). The van der Waals surface area contributed by atoms with Crippen LogP contribution in [-0.4, -0.2) is 42.1 Å². The number of nitrogens with zero attached hydrogens (tertiary/aromatic N) is 2. The summed E-state index contributed by atoms with van der Waals surface area (Å²) in [6, 6.07) is 9.09. The number of hydrogen-bond donors (Lipinski definition) is 3. The van der Waals surface area contributed by atoms with E-state index in [0.29, 0.717) is 31.2 Å². The van der Waals surface area contributed by atoms with Gasteiger partial charge in [-0.25, -0.2) is 4.98 Å². The van der Waals surface area contributed by atoms with E-state index in [1.54, 1.807) is 12.1 Å². The predicted octanol–water partition coefficient (Wildman–Crippen LogP) is 3.24. The lowest BCUT2D eigenvalue weighted by Gasteiger charge is -2.10. The number of ether oxygens (including phenoxy) is 1. The van der Waals surface area contributed by atoms with Crippen LogP contribution in [0.1, 0.15) is 42.7 Å². The van der Waals surface area contributed by atoms with Crippen LogP contribution < -0.4 is 20.7 Å². The minimum Gasteiger partial charge on any atom is -0.494 e. The Hall–Kier alpha value is -2.83. The zero-order valence-corrected chi connectivity index (χ0v) is 16.3. The number of rotatable bonds is 11. The molecule has 146 valence electrons. The summed E-state index contributed by atoms with van der Waals surface area (Å²) in [7, 11) is 0. The molecule has 1 amide bonds. The maximum absolute atomic E-state index is 12.2. The number of unbranched alkanes of at least 4 members (excludes halogenated alkanes) is 1. The highest BCUT2D eigenvalue weighted by atomic mass is 16.5. The molecule has 0 bridgehead atoms. The predicted molar refractivity (Wildman–Crippen MR) is 109 cm³/mol. The number of benzene rings is 1. The monoisotopic (exact) mass is 371 g/mol. The molecule has 1 heterocycles. The van der Waals surface area contributed by atoms with Crippen molar-refractivity contribution in [1.29, 1.82) is 0 Å². The summed E-state index contributed by atoms with van der Waals surface area (Å²) in [5.41, 5.74) is 1.50. The Morgan fingerprint density at radius 1 is 1.07 bits per heavy atom. The summed E-state index contributed by atoms with van der Waals surface area (Å²) in [6.45, 7) is 8.58. The molecular weight excluding hydrogens is 342 g/mol. The molecule has 0 aliphatic heterocycles. The number of carbonyl (C=O) groups excluding carboxylic acids is 1. The van der Waals surface area contributed by atoms with Crippen molar-refractivity contribution in [3.63, 3.8) is 0 Å². The fourth-order valence-electron chi connectivity index (χ4n) is 2.40. The van der Waals surface area contributed by atoms with Gasteiger partial charge in [-0.05, 0) is 44.5 Å². The van der Waals surface area contributed by atoms with E-state index < -0.39 is 0 Å². The molecule has 0 atom stereocenters. The summed E-state index contributed by atoms with van der Waals surface area (Å²) in [5.74, 6) is 2.02. The third-order valence-corrected chi connectivity index (χ3v) is 3.79. The van der Waals surface area contributed by atoms with E-state index in [1.165, 1.54) is 0 Å².